The minimum atomic E-state index is 0.379. The lowest BCUT2D eigenvalue weighted by atomic mass is 10.2. The van der Waals surface area contributed by atoms with Crippen molar-refractivity contribution in [2.75, 3.05) is 0 Å². The molecule has 0 spiro atoms. The van der Waals surface area contributed by atoms with E-state index in [4.69, 9.17) is 32.9 Å². The lowest BCUT2D eigenvalue weighted by Gasteiger charge is -2.11. The first-order valence-electron chi connectivity index (χ1n) is 8.26. The summed E-state index contributed by atoms with van der Waals surface area (Å²) in [4.78, 5) is 4.74. The van der Waals surface area contributed by atoms with Crippen molar-refractivity contribution in [1.82, 2.24) is 9.55 Å². The van der Waals surface area contributed by atoms with E-state index in [2.05, 4.69) is 10.6 Å². The molecule has 0 fully saturated rings. The van der Waals surface area contributed by atoms with Gasteiger partial charge < -0.3 is 9.30 Å². The summed E-state index contributed by atoms with van der Waals surface area (Å²) in [5.74, 6) is 1.63. The zero-order valence-corrected chi connectivity index (χ0v) is 15.4. The molecule has 5 heteroatoms. The molecule has 0 radical (unpaired) electrons. The van der Waals surface area contributed by atoms with Crippen LogP contribution in [0.1, 0.15) is 11.4 Å². The highest BCUT2D eigenvalue weighted by Crippen LogP contribution is 2.21. The first-order valence-corrected chi connectivity index (χ1v) is 9.01. The molecule has 0 aliphatic rings. The van der Waals surface area contributed by atoms with Crippen molar-refractivity contribution in [3.63, 3.8) is 0 Å². The van der Waals surface area contributed by atoms with Crippen LogP contribution in [0.3, 0.4) is 0 Å². The van der Waals surface area contributed by atoms with Crippen LogP contribution in [0.25, 0.3) is 11.0 Å². The molecule has 0 saturated heterocycles. The summed E-state index contributed by atoms with van der Waals surface area (Å²) < 4.78 is 8.09. The summed E-state index contributed by atoms with van der Waals surface area (Å²) in [5, 5.41) is 1.42. The Morgan fingerprint density at radius 1 is 0.808 bits per heavy atom. The van der Waals surface area contributed by atoms with Gasteiger partial charge >= 0.3 is 0 Å². The van der Waals surface area contributed by atoms with Gasteiger partial charge in [0, 0.05) is 16.6 Å². The van der Waals surface area contributed by atoms with Gasteiger partial charge in [0.05, 0.1) is 11.0 Å². The monoisotopic (exact) mass is 382 g/mol. The molecule has 4 aromatic rings. The maximum absolute atomic E-state index is 6.00. The molecule has 0 atom stereocenters. The van der Waals surface area contributed by atoms with Gasteiger partial charge in [0.25, 0.3) is 0 Å². The molecule has 1 aromatic heterocycles. The van der Waals surface area contributed by atoms with Crippen LogP contribution in [0.5, 0.6) is 5.75 Å². The van der Waals surface area contributed by atoms with E-state index in [-0.39, 0.29) is 0 Å². The van der Waals surface area contributed by atoms with E-state index in [1.807, 2.05) is 66.7 Å². The normalized spacial score (nSPS) is 11.0. The average molecular weight is 383 g/mol. The topological polar surface area (TPSA) is 27.1 Å². The van der Waals surface area contributed by atoms with Crippen LogP contribution in [-0.4, -0.2) is 9.55 Å². The van der Waals surface area contributed by atoms with Crippen LogP contribution in [0, 0.1) is 0 Å². The summed E-state index contributed by atoms with van der Waals surface area (Å²) >= 11 is 11.9. The van der Waals surface area contributed by atoms with Gasteiger partial charge in [-0.05, 0) is 54.1 Å². The fraction of sp³-hybridized carbons (Fsp3) is 0.0952. The number of aromatic nitrogens is 2. The number of fused-ring (bicyclic) bond motifs is 1. The molecule has 0 unspecified atom stereocenters. The molecule has 0 saturated carbocycles. The van der Waals surface area contributed by atoms with Gasteiger partial charge in [0.1, 0.15) is 18.2 Å². The number of ether oxygens (including phenoxy) is 1. The van der Waals surface area contributed by atoms with E-state index in [9.17, 15) is 0 Å². The van der Waals surface area contributed by atoms with Gasteiger partial charge in [-0.3, -0.25) is 0 Å². The summed E-state index contributed by atoms with van der Waals surface area (Å²) in [6, 6.07) is 23.3. The minimum absolute atomic E-state index is 0.379. The van der Waals surface area contributed by atoms with Crippen LogP contribution < -0.4 is 4.74 Å². The highest BCUT2D eigenvalue weighted by atomic mass is 35.5. The van der Waals surface area contributed by atoms with Crippen molar-refractivity contribution in [2.24, 2.45) is 0 Å². The standard InChI is InChI=1S/C21H16Cl2N2O/c22-16-7-5-15(6-8-16)13-25-20-4-2-1-3-19(20)24-21(25)14-26-18-11-9-17(23)10-12-18/h1-12H,13-14H2. The van der Waals surface area contributed by atoms with Crippen molar-refractivity contribution in [2.45, 2.75) is 13.2 Å². The third-order valence-electron chi connectivity index (χ3n) is 4.17. The fourth-order valence-corrected chi connectivity index (χ4v) is 3.12. The van der Waals surface area contributed by atoms with E-state index in [0.717, 1.165) is 33.2 Å². The Bertz CT molecular complexity index is 1020. The summed E-state index contributed by atoms with van der Waals surface area (Å²) in [5.41, 5.74) is 3.19. The molecule has 0 N–H and O–H groups in total. The van der Waals surface area contributed by atoms with Crippen LogP contribution in [0.2, 0.25) is 10.0 Å². The van der Waals surface area contributed by atoms with Crippen LogP contribution in [-0.2, 0) is 13.2 Å². The molecule has 0 bridgehead atoms. The first-order chi connectivity index (χ1) is 12.7. The first kappa shape index (κ1) is 17.0. The van der Waals surface area contributed by atoms with Crippen molar-refractivity contribution in [3.05, 3.63) is 94.2 Å². The second-order valence-corrected chi connectivity index (χ2v) is 6.84. The second kappa shape index (κ2) is 7.40. The zero-order valence-electron chi connectivity index (χ0n) is 13.9. The Hall–Kier alpha value is -2.49. The van der Waals surface area contributed by atoms with Crippen LogP contribution >= 0.6 is 23.2 Å². The van der Waals surface area contributed by atoms with Gasteiger partial charge in [-0.15, -0.1) is 0 Å². The Balaban J connectivity index is 1.64. The molecular formula is C21H16Cl2N2O. The maximum atomic E-state index is 6.00. The quantitative estimate of drug-likeness (QED) is 0.425. The van der Waals surface area contributed by atoms with Gasteiger partial charge in [-0.2, -0.15) is 0 Å². The van der Waals surface area contributed by atoms with Crippen molar-refractivity contribution < 1.29 is 4.74 Å². The lowest BCUT2D eigenvalue weighted by molar-refractivity contribution is 0.291. The second-order valence-electron chi connectivity index (χ2n) is 5.97. The number of hydrogen-bond donors (Lipinski definition) is 0. The van der Waals surface area contributed by atoms with E-state index < -0.39 is 0 Å². The molecule has 1 heterocycles. The fourth-order valence-electron chi connectivity index (χ4n) is 2.86. The molecule has 26 heavy (non-hydrogen) atoms. The van der Waals surface area contributed by atoms with E-state index in [1.165, 1.54) is 0 Å². The van der Waals surface area contributed by atoms with E-state index in [0.29, 0.717) is 18.2 Å². The molecule has 3 nitrogen and oxygen atoms in total. The van der Waals surface area contributed by atoms with Gasteiger partial charge in [0.2, 0.25) is 0 Å². The SMILES string of the molecule is Clc1ccc(Cn2c(COc3ccc(Cl)cc3)nc3ccccc32)cc1. The van der Waals surface area contributed by atoms with Gasteiger partial charge in [-0.1, -0.05) is 47.5 Å². The zero-order chi connectivity index (χ0) is 17.9. The third kappa shape index (κ3) is 3.69. The highest BCUT2D eigenvalue weighted by molar-refractivity contribution is 6.30. The predicted molar refractivity (Wildman–Crippen MR) is 106 cm³/mol. The Labute approximate surface area is 161 Å². The molecule has 0 aliphatic heterocycles. The third-order valence-corrected chi connectivity index (χ3v) is 4.67. The van der Waals surface area contributed by atoms with Gasteiger partial charge in [-0.25, -0.2) is 4.98 Å². The van der Waals surface area contributed by atoms with E-state index >= 15 is 0 Å². The van der Waals surface area contributed by atoms with E-state index in [1.54, 1.807) is 0 Å². The summed E-state index contributed by atoms with van der Waals surface area (Å²) in [6.45, 7) is 1.08. The maximum Gasteiger partial charge on any atom is 0.148 e. The lowest BCUT2D eigenvalue weighted by Crippen LogP contribution is -2.08. The molecule has 0 aliphatic carbocycles. The Morgan fingerprint density at radius 3 is 2.19 bits per heavy atom. The Kier molecular flexibility index (Phi) is 4.83. The minimum Gasteiger partial charge on any atom is -0.486 e. The molecular weight excluding hydrogens is 367 g/mol. The number of rotatable bonds is 5. The largest absolute Gasteiger partial charge is 0.486 e. The number of benzene rings is 3. The van der Waals surface area contributed by atoms with Crippen molar-refractivity contribution >= 4 is 34.2 Å². The van der Waals surface area contributed by atoms with Crippen molar-refractivity contribution in [3.8, 4) is 5.75 Å². The smallest absolute Gasteiger partial charge is 0.148 e. The predicted octanol–water partition coefficient (Wildman–Crippen LogP) is 5.97. The number of para-hydroxylation sites is 2. The average Bonchev–Trinajstić information content (AvgIpc) is 3.01. The summed E-state index contributed by atoms with van der Waals surface area (Å²) in [7, 11) is 0. The number of nitrogens with zero attached hydrogens (tertiary/aromatic N) is 2. The van der Waals surface area contributed by atoms with Crippen molar-refractivity contribution in [1.29, 1.82) is 0 Å². The van der Waals surface area contributed by atoms with Crippen LogP contribution in [0.15, 0.2) is 72.8 Å². The highest BCUT2D eigenvalue weighted by Gasteiger charge is 2.11. The molecule has 4 rings (SSSR count). The summed E-state index contributed by atoms with van der Waals surface area (Å²) in [6.07, 6.45) is 0. The molecule has 130 valence electrons. The van der Waals surface area contributed by atoms with Gasteiger partial charge in [0.15, 0.2) is 0 Å². The number of hydrogen-bond acceptors (Lipinski definition) is 2. The molecule has 0 amide bonds. The van der Waals surface area contributed by atoms with Crippen LogP contribution in [0.4, 0.5) is 0 Å². The molecule has 3 aromatic carbocycles. The number of halogens is 2. The Morgan fingerprint density at radius 2 is 1.46 bits per heavy atom. The number of imidazole rings is 1.